The van der Waals surface area contributed by atoms with Crippen LogP contribution in [0.5, 0.6) is 0 Å². The van der Waals surface area contributed by atoms with E-state index in [0.29, 0.717) is 0 Å². The smallest absolute Gasteiger partial charge is 0.223 e. The Bertz CT molecular complexity index is 542. The molecular formula is C11H14BrN5S. The molecule has 0 aliphatic carbocycles. The highest BCUT2D eigenvalue weighted by Crippen LogP contribution is 2.23. The molecule has 0 unspecified atom stereocenters. The molecule has 0 radical (unpaired) electrons. The predicted octanol–water partition coefficient (Wildman–Crippen LogP) is 2.56. The second-order valence-electron chi connectivity index (χ2n) is 3.83. The molecule has 2 aromatic rings. The van der Waals surface area contributed by atoms with Crippen LogP contribution >= 0.6 is 27.3 Å². The van der Waals surface area contributed by atoms with Crippen LogP contribution in [0, 0.1) is 0 Å². The van der Waals surface area contributed by atoms with Gasteiger partial charge < -0.3 is 16.0 Å². The molecule has 0 aliphatic heterocycles. The molecule has 0 fully saturated rings. The van der Waals surface area contributed by atoms with E-state index in [-0.39, 0.29) is 5.95 Å². The zero-order valence-corrected chi connectivity index (χ0v) is 12.5. The highest BCUT2D eigenvalue weighted by atomic mass is 79.9. The molecule has 0 spiro atoms. The van der Waals surface area contributed by atoms with Gasteiger partial charge in [-0.1, -0.05) is 0 Å². The number of aromatic nitrogens is 2. The molecule has 7 heteroatoms. The number of nitrogens with one attached hydrogen (secondary N) is 1. The number of nitrogens with two attached hydrogens (primary N) is 1. The molecule has 2 aromatic heterocycles. The maximum atomic E-state index is 5.68. The van der Waals surface area contributed by atoms with Crippen LogP contribution < -0.4 is 16.0 Å². The van der Waals surface area contributed by atoms with Crippen molar-refractivity contribution in [3.8, 4) is 0 Å². The Kier molecular flexibility index (Phi) is 4.03. The van der Waals surface area contributed by atoms with E-state index in [4.69, 9.17) is 5.73 Å². The summed E-state index contributed by atoms with van der Waals surface area (Å²) in [5.74, 6) is 1.79. The fourth-order valence-corrected chi connectivity index (χ4v) is 2.76. The van der Waals surface area contributed by atoms with Gasteiger partial charge in [-0.15, -0.1) is 11.3 Å². The van der Waals surface area contributed by atoms with Crippen LogP contribution in [0.1, 0.15) is 5.56 Å². The number of nitrogens with zero attached hydrogens (tertiary/aromatic N) is 3. The summed E-state index contributed by atoms with van der Waals surface area (Å²) in [6.45, 7) is 0.779. The molecule has 0 saturated heterocycles. The summed E-state index contributed by atoms with van der Waals surface area (Å²) in [7, 11) is 3.79. The first-order valence-corrected chi connectivity index (χ1v) is 7.02. The molecule has 0 aliphatic rings. The summed E-state index contributed by atoms with van der Waals surface area (Å²) in [6, 6.07) is 3.97. The van der Waals surface area contributed by atoms with Crippen molar-refractivity contribution in [1.82, 2.24) is 9.97 Å². The van der Waals surface area contributed by atoms with Crippen molar-refractivity contribution in [1.29, 1.82) is 0 Å². The number of rotatable bonds is 4. The SMILES string of the molecule is CNc1cc(N(C)Cc2csc(Br)c2)nc(N)n1. The number of halogens is 1. The standard InChI is InChI=1S/C11H14BrN5S/c1-14-9-4-10(16-11(13)15-9)17(2)5-7-3-8(12)18-6-7/h3-4,6H,5H2,1-2H3,(H3,13,14,15,16). The van der Waals surface area contributed by atoms with Gasteiger partial charge in [0.25, 0.3) is 0 Å². The predicted molar refractivity (Wildman–Crippen MR) is 80.1 cm³/mol. The van der Waals surface area contributed by atoms with Crippen LogP contribution in [-0.2, 0) is 6.54 Å². The summed E-state index contributed by atoms with van der Waals surface area (Å²) in [5, 5.41) is 5.08. The van der Waals surface area contributed by atoms with E-state index in [0.717, 1.165) is 22.0 Å². The van der Waals surface area contributed by atoms with Crippen molar-refractivity contribution in [3.63, 3.8) is 0 Å². The van der Waals surface area contributed by atoms with E-state index >= 15 is 0 Å². The van der Waals surface area contributed by atoms with Crippen LogP contribution in [0.3, 0.4) is 0 Å². The van der Waals surface area contributed by atoms with Gasteiger partial charge in [-0.05, 0) is 32.9 Å². The summed E-state index contributed by atoms with van der Waals surface area (Å²) in [6.07, 6.45) is 0. The quantitative estimate of drug-likeness (QED) is 0.903. The molecular weight excluding hydrogens is 314 g/mol. The molecule has 5 nitrogen and oxygen atoms in total. The van der Waals surface area contributed by atoms with E-state index < -0.39 is 0 Å². The van der Waals surface area contributed by atoms with Crippen LogP contribution in [0.2, 0.25) is 0 Å². The van der Waals surface area contributed by atoms with Gasteiger partial charge in [0.15, 0.2) is 0 Å². The van der Waals surface area contributed by atoms with Gasteiger partial charge >= 0.3 is 0 Å². The average Bonchev–Trinajstić information content (AvgIpc) is 2.73. The van der Waals surface area contributed by atoms with Crippen molar-refractivity contribution < 1.29 is 0 Å². The van der Waals surface area contributed by atoms with Crippen molar-refractivity contribution >= 4 is 44.9 Å². The highest BCUT2D eigenvalue weighted by molar-refractivity contribution is 9.11. The van der Waals surface area contributed by atoms with Gasteiger partial charge in [-0.2, -0.15) is 9.97 Å². The van der Waals surface area contributed by atoms with Crippen molar-refractivity contribution in [2.45, 2.75) is 6.54 Å². The first-order chi connectivity index (χ1) is 8.58. The zero-order chi connectivity index (χ0) is 13.1. The summed E-state index contributed by atoms with van der Waals surface area (Å²) in [5.41, 5.74) is 6.91. The topological polar surface area (TPSA) is 67.1 Å². The fourth-order valence-electron chi connectivity index (χ4n) is 1.56. The summed E-state index contributed by atoms with van der Waals surface area (Å²) >= 11 is 5.13. The monoisotopic (exact) mass is 327 g/mol. The maximum absolute atomic E-state index is 5.68. The minimum Gasteiger partial charge on any atom is -0.373 e. The molecule has 96 valence electrons. The number of anilines is 3. The average molecular weight is 328 g/mol. The van der Waals surface area contributed by atoms with Gasteiger partial charge in [-0.25, -0.2) is 0 Å². The van der Waals surface area contributed by atoms with Crippen molar-refractivity contribution in [2.75, 3.05) is 30.0 Å². The van der Waals surface area contributed by atoms with E-state index in [1.165, 1.54) is 5.56 Å². The number of hydrogen-bond acceptors (Lipinski definition) is 6. The lowest BCUT2D eigenvalue weighted by Gasteiger charge is -2.18. The second-order valence-corrected chi connectivity index (χ2v) is 6.13. The Morgan fingerprint density at radius 1 is 1.44 bits per heavy atom. The Labute approximate surface area is 118 Å². The lowest BCUT2D eigenvalue weighted by atomic mass is 10.3. The van der Waals surface area contributed by atoms with Gasteiger partial charge in [-0.3, -0.25) is 0 Å². The fraction of sp³-hybridized carbons (Fsp3) is 0.273. The lowest BCUT2D eigenvalue weighted by molar-refractivity contribution is 0.897. The molecule has 3 N–H and O–H groups in total. The minimum atomic E-state index is 0.273. The molecule has 0 atom stereocenters. The van der Waals surface area contributed by atoms with E-state index in [1.54, 1.807) is 11.3 Å². The summed E-state index contributed by atoms with van der Waals surface area (Å²) in [4.78, 5) is 10.3. The van der Waals surface area contributed by atoms with E-state index in [2.05, 4.69) is 42.7 Å². The lowest BCUT2D eigenvalue weighted by Crippen LogP contribution is -2.18. The van der Waals surface area contributed by atoms with Gasteiger partial charge in [0.1, 0.15) is 11.6 Å². The molecule has 0 bridgehead atoms. The third-order valence-corrected chi connectivity index (χ3v) is 3.97. The van der Waals surface area contributed by atoms with Crippen LogP contribution in [0.15, 0.2) is 21.3 Å². The first kappa shape index (κ1) is 13.1. The number of hydrogen-bond donors (Lipinski definition) is 2. The Morgan fingerprint density at radius 3 is 2.83 bits per heavy atom. The van der Waals surface area contributed by atoms with Crippen molar-refractivity contribution in [2.24, 2.45) is 0 Å². The molecule has 2 rings (SSSR count). The van der Waals surface area contributed by atoms with Crippen LogP contribution in [0.4, 0.5) is 17.6 Å². The first-order valence-electron chi connectivity index (χ1n) is 5.35. The molecule has 18 heavy (non-hydrogen) atoms. The Hall–Kier alpha value is -1.34. The van der Waals surface area contributed by atoms with Crippen molar-refractivity contribution in [3.05, 3.63) is 26.9 Å². The van der Waals surface area contributed by atoms with Crippen LogP contribution in [0.25, 0.3) is 0 Å². The zero-order valence-electron chi connectivity index (χ0n) is 10.1. The van der Waals surface area contributed by atoms with Gasteiger partial charge in [0.2, 0.25) is 5.95 Å². The largest absolute Gasteiger partial charge is 0.373 e. The Morgan fingerprint density at radius 2 is 2.22 bits per heavy atom. The Balaban J connectivity index is 2.17. The third kappa shape index (κ3) is 3.11. The second kappa shape index (κ2) is 5.53. The highest BCUT2D eigenvalue weighted by Gasteiger charge is 2.08. The molecule has 0 saturated carbocycles. The van der Waals surface area contributed by atoms with E-state index in [1.807, 2.05) is 25.1 Å². The van der Waals surface area contributed by atoms with Gasteiger partial charge in [0, 0.05) is 26.7 Å². The summed E-state index contributed by atoms with van der Waals surface area (Å²) < 4.78 is 1.13. The molecule has 2 heterocycles. The van der Waals surface area contributed by atoms with Crippen LogP contribution in [-0.4, -0.2) is 24.1 Å². The minimum absolute atomic E-state index is 0.273. The van der Waals surface area contributed by atoms with Gasteiger partial charge in [0.05, 0.1) is 3.79 Å². The number of thiophene rings is 1. The normalized spacial score (nSPS) is 10.4. The molecule has 0 aromatic carbocycles. The van der Waals surface area contributed by atoms with E-state index in [9.17, 15) is 0 Å². The maximum Gasteiger partial charge on any atom is 0.223 e. The number of nitrogen functional groups attached to an aromatic ring is 1. The molecule has 0 amide bonds. The third-order valence-electron chi connectivity index (χ3n) is 2.42.